The van der Waals surface area contributed by atoms with Crippen molar-refractivity contribution in [1.29, 1.82) is 0 Å². The SMILES string of the molecule is COC1/C=C/C=C(\C)Cc2cccc(c2)N(C)C(=O)CC(OC(=O)C(C)N(C)C(=O)CCSSC(C)CCC(=O)O)C2(C)OC2C(C)C2CC1(O)NC(=O)O2. The van der Waals surface area contributed by atoms with Gasteiger partial charge < -0.3 is 39.0 Å². The number of ether oxygens (including phenoxy) is 4. The highest BCUT2D eigenvalue weighted by atomic mass is 33.1. The van der Waals surface area contributed by atoms with Crippen molar-refractivity contribution in [2.75, 3.05) is 31.9 Å². The number of nitrogens with one attached hydrogen (secondary N) is 1. The zero-order valence-electron chi connectivity index (χ0n) is 32.8. The lowest BCUT2D eigenvalue weighted by molar-refractivity contribution is -0.162. The van der Waals surface area contributed by atoms with Crippen molar-refractivity contribution in [3.8, 4) is 0 Å². The first-order valence-corrected chi connectivity index (χ1v) is 20.8. The Bertz CT molecular complexity index is 1640. The van der Waals surface area contributed by atoms with Crippen molar-refractivity contribution in [2.45, 2.75) is 120 Å². The summed E-state index contributed by atoms with van der Waals surface area (Å²) in [7, 11) is 7.60. The molecule has 55 heavy (non-hydrogen) atoms. The number of allylic oxidation sites excluding steroid dienone is 3. The predicted molar refractivity (Wildman–Crippen MR) is 210 cm³/mol. The molecule has 9 atom stereocenters. The molecule has 3 N–H and O–H groups in total. The van der Waals surface area contributed by atoms with E-state index in [9.17, 15) is 29.1 Å². The highest BCUT2D eigenvalue weighted by Crippen LogP contribution is 2.49. The molecule has 9 unspecified atom stereocenters. The molecule has 4 bridgehead atoms. The molecule has 0 spiro atoms. The van der Waals surface area contributed by atoms with Gasteiger partial charge in [0.15, 0.2) is 5.72 Å². The lowest BCUT2D eigenvalue weighted by Gasteiger charge is -2.42. The number of carbonyl (C=O) groups is 5. The van der Waals surface area contributed by atoms with E-state index in [1.54, 1.807) is 33.0 Å². The smallest absolute Gasteiger partial charge is 0.409 e. The van der Waals surface area contributed by atoms with Gasteiger partial charge in [-0.15, -0.1) is 0 Å². The Balaban J connectivity index is 1.56. The van der Waals surface area contributed by atoms with E-state index in [0.29, 0.717) is 24.3 Å². The summed E-state index contributed by atoms with van der Waals surface area (Å²) < 4.78 is 23.6. The van der Waals surface area contributed by atoms with Crippen molar-refractivity contribution in [3.05, 3.63) is 53.6 Å². The zero-order chi connectivity index (χ0) is 40.7. The molecule has 1 aromatic carbocycles. The summed E-state index contributed by atoms with van der Waals surface area (Å²) in [4.78, 5) is 67.3. The molecule has 3 aliphatic heterocycles. The molecule has 304 valence electrons. The van der Waals surface area contributed by atoms with Crippen LogP contribution in [0.3, 0.4) is 0 Å². The van der Waals surface area contributed by atoms with Crippen molar-refractivity contribution in [3.63, 3.8) is 0 Å². The van der Waals surface area contributed by atoms with Crippen LogP contribution in [0.2, 0.25) is 0 Å². The van der Waals surface area contributed by atoms with Crippen LogP contribution in [0.25, 0.3) is 0 Å². The number of aliphatic hydroxyl groups is 1. The maximum atomic E-state index is 13.9. The maximum Gasteiger partial charge on any atom is 0.409 e. The van der Waals surface area contributed by atoms with Gasteiger partial charge in [-0.05, 0) is 51.3 Å². The van der Waals surface area contributed by atoms with E-state index in [1.165, 1.54) is 45.5 Å². The summed E-state index contributed by atoms with van der Waals surface area (Å²) >= 11 is 0. The first kappa shape index (κ1) is 44.1. The standard InChI is InChI=1S/C39H55N3O11S2/c1-23-11-9-14-30(50-8)39(49)22-29(51-37(48)40-39)25(3)35-38(5,53-35)31(21-33(44)42(7)28-13-10-12-27(19-23)20-28)52-36(47)26(4)41(6)32(43)17-18-54-55-24(2)15-16-34(45)46/h9-14,20,24-26,29-31,35,49H,15-19,21-22H2,1-8H3,(H,40,48)(H,45,46)/b14-9+,23-11+. The van der Waals surface area contributed by atoms with Crippen LogP contribution >= 0.6 is 21.6 Å². The van der Waals surface area contributed by atoms with Crippen LogP contribution < -0.4 is 10.2 Å². The number of hydrogen-bond donors (Lipinski definition) is 3. The molecule has 0 saturated carbocycles. The number of carboxylic acids is 1. The molecule has 1 aromatic rings. The number of benzene rings is 1. The monoisotopic (exact) mass is 805 g/mol. The molecule has 2 saturated heterocycles. The molecule has 3 amide bonds. The quantitative estimate of drug-likeness (QED) is 0.113. The molecule has 0 radical (unpaired) electrons. The summed E-state index contributed by atoms with van der Waals surface area (Å²) in [5.74, 6) is -2.22. The Morgan fingerprint density at radius 1 is 1.20 bits per heavy atom. The van der Waals surface area contributed by atoms with Crippen LogP contribution in [0.5, 0.6) is 0 Å². The van der Waals surface area contributed by atoms with Gasteiger partial charge >= 0.3 is 18.0 Å². The summed E-state index contributed by atoms with van der Waals surface area (Å²) in [5.41, 5.74) is -0.378. The van der Waals surface area contributed by atoms with Crippen LogP contribution in [-0.4, -0.2) is 119 Å². The number of anilines is 1. The molecule has 3 heterocycles. The Morgan fingerprint density at radius 3 is 2.62 bits per heavy atom. The normalized spacial score (nSPS) is 31.0. The maximum absolute atomic E-state index is 13.9. The molecule has 16 heteroatoms. The number of nitrogens with zero attached hydrogens (tertiary/aromatic N) is 2. The number of carboxylic acid groups (broad SMARTS) is 1. The van der Waals surface area contributed by atoms with Gasteiger partial charge in [-0.3, -0.25) is 19.7 Å². The largest absolute Gasteiger partial charge is 0.481 e. The van der Waals surface area contributed by atoms with Gasteiger partial charge in [0, 0.05) is 63.1 Å². The first-order chi connectivity index (χ1) is 25.9. The molecule has 4 rings (SSSR count). The fraction of sp³-hybridized carbons (Fsp3) is 0.615. The van der Waals surface area contributed by atoms with Crippen molar-refractivity contribution in [2.24, 2.45) is 5.92 Å². The van der Waals surface area contributed by atoms with Crippen LogP contribution in [0.4, 0.5) is 10.5 Å². The number of amides is 3. The lowest BCUT2D eigenvalue weighted by atomic mass is 9.83. The number of epoxide rings is 1. The third kappa shape index (κ3) is 11.5. The summed E-state index contributed by atoms with van der Waals surface area (Å²) in [6, 6.07) is 6.58. The highest BCUT2D eigenvalue weighted by Gasteiger charge is 2.64. The van der Waals surface area contributed by atoms with Gasteiger partial charge in [0.25, 0.3) is 0 Å². The van der Waals surface area contributed by atoms with Crippen LogP contribution in [0.15, 0.2) is 48.1 Å². The average Bonchev–Trinajstić information content (AvgIpc) is 3.83. The van der Waals surface area contributed by atoms with Gasteiger partial charge in [-0.2, -0.15) is 0 Å². The molecule has 0 aliphatic carbocycles. The van der Waals surface area contributed by atoms with E-state index < -0.39 is 65.7 Å². The second kappa shape index (κ2) is 19.0. The van der Waals surface area contributed by atoms with Crippen LogP contribution in [0.1, 0.15) is 72.3 Å². The number of carbonyl (C=O) groups excluding carboxylic acids is 4. The van der Waals surface area contributed by atoms with E-state index in [0.717, 1.165) is 11.1 Å². The Kier molecular flexibility index (Phi) is 15.3. The fourth-order valence-electron chi connectivity index (χ4n) is 6.81. The Hall–Kier alpha value is -3.57. The molecule has 3 aliphatic rings. The average molecular weight is 806 g/mol. The van der Waals surface area contributed by atoms with Gasteiger partial charge in [0.05, 0.1) is 12.5 Å². The third-order valence-electron chi connectivity index (χ3n) is 10.6. The number of likely N-dealkylation sites (N-methyl/N-ethyl adjacent to an activating group) is 1. The topological polar surface area (TPSA) is 185 Å². The minimum absolute atomic E-state index is 0.0403. The van der Waals surface area contributed by atoms with E-state index >= 15 is 0 Å². The highest BCUT2D eigenvalue weighted by molar-refractivity contribution is 8.76. The predicted octanol–water partition coefficient (Wildman–Crippen LogP) is 4.88. The van der Waals surface area contributed by atoms with E-state index in [-0.39, 0.29) is 42.7 Å². The van der Waals surface area contributed by atoms with Gasteiger partial charge in [-0.1, -0.05) is 71.4 Å². The molecular formula is C39H55N3O11S2. The molecule has 14 nitrogen and oxygen atoms in total. The third-order valence-corrected chi connectivity index (χ3v) is 13.5. The van der Waals surface area contributed by atoms with Crippen LogP contribution in [-0.2, 0) is 44.5 Å². The van der Waals surface area contributed by atoms with Gasteiger partial charge in [0.1, 0.15) is 30.0 Å². The number of rotatable bonds is 12. The molecule has 2 fully saturated rings. The molecule has 0 aromatic heterocycles. The number of alkyl carbamates (subject to hydrolysis) is 1. The summed E-state index contributed by atoms with van der Waals surface area (Å²) in [6.45, 7) is 9.00. The number of aliphatic carboxylic acids is 1. The van der Waals surface area contributed by atoms with E-state index in [2.05, 4.69) is 5.32 Å². The minimum Gasteiger partial charge on any atom is -0.481 e. The number of methoxy groups -OCH3 is 1. The lowest BCUT2D eigenvalue weighted by Crippen LogP contribution is -2.63. The first-order valence-electron chi connectivity index (χ1n) is 18.5. The van der Waals surface area contributed by atoms with Gasteiger partial charge in [-0.25, -0.2) is 9.59 Å². The van der Waals surface area contributed by atoms with Crippen molar-refractivity contribution < 1.29 is 53.1 Å². The minimum atomic E-state index is -1.81. The van der Waals surface area contributed by atoms with Gasteiger partial charge in [0.2, 0.25) is 11.8 Å². The summed E-state index contributed by atoms with van der Waals surface area (Å²) in [6.07, 6.45) is 2.09. The Morgan fingerprint density at radius 2 is 1.93 bits per heavy atom. The van der Waals surface area contributed by atoms with Crippen molar-refractivity contribution >= 4 is 57.1 Å². The molecular weight excluding hydrogens is 751 g/mol. The number of fused-ring (bicyclic) bond motifs is 5. The zero-order valence-corrected chi connectivity index (χ0v) is 34.4. The fourth-order valence-corrected chi connectivity index (χ4v) is 9.14. The number of esters is 1. The van der Waals surface area contributed by atoms with Crippen LogP contribution in [0, 0.1) is 5.92 Å². The van der Waals surface area contributed by atoms with E-state index in [4.69, 9.17) is 24.1 Å². The summed E-state index contributed by atoms with van der Waals surface area (Å²) in [5, 5.41) is 23.2. The number of hydrogen-bond acceptors (Lipinski definition) is 12. The second-order valence-corrected chi connectivity index (χ2v) is 17.8. The van der Waals surface area contributed by atoms with E-state index in [1.807, 2.05) is 51.1 Å². The van der Waals surface area contributed by atoms with Crippen molar-refractivity contribution in [1.82, 2.24) is 10.2 Å². The second-order valence-electron chi connectivity index (χ2n) is 14.9. The Labute approximate surface area is 331 Å².